The molecule has 198 valence electrons. The normalized spacial score (nSPS) is 20.3. The Kier molecular flexibility index (Phi) is 8.04. The first-order valence-corrected chi connectivity index (χ1v) is 13.0. The molecule has 0 radical (unpaired) electrons. The number of aliphatic hydroxyl groups excluding tert-OH is 2. The number of aromatic nitrogens is 4. The Bertz CT molecular complexity index is 1190. The first kappa shape index (κ1) is 25.7. The summed E-state index contributed by atoms with van der Waals surface area (Å²) in [5, 5.41) is 23.2. The van der Waals surface area contributed by atoms with Gasteiger partial charge in [0.15, 0.2) is 5.82 Å². The number of piperidine rings is 1. The molecule has 3 N–H and O–H groups in total. The number of piperazine rings is 1. The van der Waals surface area contributed by atoms with Gasteiger partial charge >= 0.3 is 0 Å². The number of nitrogens with one attached hydrogen (secondary N) is 1. The molecule has 5 heterocycles. The lowest BCUT2D eigenvalue weighted by molar-refractivity contribution is 0.108. The maximum Gasteiger partial charge on any atom is 0.229 e. The van der Waals surface area contributed by atoms with Crippen LogP contribution in [0.4, 0.5) is 22.0 Å². The molecule has 2 atom stereocenters. The van der Waals surface area contributed by atoms with Crippen molar-refractivity contribution in [1.29, 1.82) is 0 Å². The SMILES string of the molecule is CC(O)c1cc2cnc(Nc3ccc(CN4CCN(CCO)CC4)cn3)nc2c(N2CCC[C@@H](F)C2)n1. The van der Waals surface area contributed by atoms with E-state index < -0.39 is 12.3 Å². The lowest BCUT2D eigenvalue weighted by Gasteiger charge is -2.34. The number of pyridine rings is 2. The molecular formula is C26H35FN8O2. The Morgan fingerprint density at radius 2 is 1.89 bits per heavy atom. The van der Waals surface area contributed by atoms with Crippen LogP contribution in [0.3, 0.4) is 0 Å². The van der Waals surface area contributed by atoms with Crippen molar-refractivity contribution in [3.63, 3.8) is 0 Å². The first-order valence-electron chi connectivity index (χ1n) is 13.0. The third-order valence-electron chi connectivity index (χ3n) is 7.01. The van der Waals surface area contributed by atoms with Crippen LogP contribution in [0.15, 0.2) is 30.6 Å². The summed E-state index contributed by atoms with van der Waals surface area (Å²) in [5.74, 6) is 1.59. The van der Waals surface area contributed by atoms with Crippen LogP contribution in [-0.4, -0.2) is 98.5 Å². The van der Waals surface area contributed by atoms with Gasteiger partial charge in [-0.1, -0.05) is 6.07 Å². The number of nitrogens with zero attached hydrogens (tertiary/aromatic N) is 7. The van der Waals surface area contributed by atoms with Crippen molar-refractivity contribution in [3.8, 4) is 0 Å². The van der Waals surface area contributed by atoms with Crippen molar-refractivity contribution in [2.75, 3.05) is 62.6 Å². The van der Waals surface area contributed by atoms with Crippen LogP contribution in [0.25, 0.3) is 10.9 Å². The van der Waals surface area contributed by atoms with E-state index in [1.807, 2.05) is 23.2 Å². The van der Waals surface area contributed by atoms with Gasteiger partial charge in [-0.2, -0.15) is 0 Å². The van der Waals surface area contributed by atoms with E-state index in [0.717, 1.165) is 56.6 Å². The number of hydrogen-bond donors (Lipinski definition) is 3. The second-order valence-corrected chi connectivity index (χ2v) is 9.88. The van der Waals surface area contributed by atoms with Crippen molar-refractivity contribution in [1.82, 2.24) is 29.7 Å². The lowest BCUT2D eigenvalue weighted by atomic mass is 10.1. The number of aliphatic hydroxyl groups is 2. The molecule has 3 aromatic heterocycles. The number of β-amino-alcohol motifs (C(OH)–C–C–N with tert-alkyl or cyclic N) is 1. The van der Waals surface area contributed by atoms with Gasteiger partial charge in [-0.05, 0) is 37.5 Å². The lowest BCUT2D eigenvalue weighted by Crippen LogP contribution is -2.46. The summed E-state index contributed by atoms with van der Waals surface area (Å²) in [5.41, 5.74) is 2.26. The largest absolute Gasteiger partial charge is 0.395 e. The quantitative estimate of drug-likeness (QED) is 0.417. The second-order valence-electron chi connectivity index (χ2n) is 9.88. The van der Waals surface area contributed by atoms with Crippen LogP contribution in [0.5, 0.6) is 0 Å². The molecule has 0 spiro atoms. The number of halogens is 1. The third-order valence-corrected chi connectivity index (χ3v) is 7.01. The Hall–Kier alpha value is -2.99. The van der Waals surface area contributed by atoms with Crippen molar-refractivity contribution in [3.05, 3.63) is 41.9 Å². The summed E-state index contributed by atoms with van der Waals surface area (Å²) >= 11 is 0. The van der Waals surface area contributed by atoms with Crippen LogP contribution in [0, 0.1) is 0 Å². The van der Waals surface area contributed by atoms with E-state index in [1.54, 1.807) is 19.2 Å². The zero-order valence-electron chi connectivity index (χ0n) is 21.2. The topological polar surface area (TPSA) is 114 Å². The Labute approximate surface area is 216 Å². The number of anilines is 3. The monoisotopic (exact) mass is 510 g/mol. The van der Waals surface area contributed by atoms with Gasteiger partial charge in [0, 0.05) is 63.6 Å². The highest BCUT2D eigenvalue weighted by atomic mass is 19.1. The minimum Gasteiger partial charge on any atom is -0.395 e. The zero-order chi connectivity index (χ0) is 25.8. The maximum absolute atomic E-state index is 14.2. The molecule has 0 bridgehead atoms. The summed E-state index contributed by atoms with van der Waals surface area (Å²) in [4.78, 5) is 24.9. The summed E-state index contributed by atoms with van der Waals surface area (Å²) < 4.78 is 14.2. The number of fused-ring (bicyclic) bond motifs is 1. The molecule has 2 aliphatic heterocycles. The van der Waals surface area contributed by atoms with Crippen molar-refractivity contribution < 1.29 is 14.6 Å². The molecular weight excluding hydrogens is 475 g/mol. The minimum atomic E-state index is -0.910. The van der Waals surface area contributed by atoms with Crippen molar-refractivity contribution in [2.45, 2.75) is 38.6 Å². The Morgan fingerprint density at radius 1 is 1.08 bits per heavy atom. The highest BCUT2D eigenvalue weighted by Crippen LogP contribution is 2.30. The minimum absolute atomic E-state index is 0.205. The average Bonchev–Trinajstić information content (AvgIpc) is 2.90. The molecule has 1 unspecified atom stereocenters. The molecule has 5 rings (SSSR count). The van der Waals surface area contributed by atoms with Gasteiger partial charge < -0.3 is 20.4 Å². The fourth-order valence-corrected chi connectivity index (χ4v) is 4.93. The van der Waals surface area contributed by atoms with E-state index in [4.69, 9.17) is 10.1 Å². The smallest absolute Gasteiger partial charge is 0.229 e. The number of rotatable bonds is 8. The molecule has 3 aromatic rings. The van der Waals surface area contributed by atoms with Crippen LogP contribution in [0.2, 0.25) is 0 Å². The van der Waals surface area contributed by atoms with Gasteiger partial charge in [-0.15, -0.1) is 0 Å². The standard InChI is InChI=1S/C26H35FN8O2/c1-18(37)22-13-20-15-29-26(32-24(20)25(30-22)35-6-2-3-21(27)17-35)31-23-5-4-19(14-28-23)16-34-9-7-33(8-10-34)11-12-36/h4-5,13-15,18,21,36-37H,2-3,6-12,16-17H2,1H3,(H,28,29,31,32)/t18?,21-/m1/s1. The van der Waals surface area contributed by atoms with Crippen LogP contribution >= 0.6 is 0 Å². The predicted molar refractivity (Wildman–Crippen MR) is 141 cm³/mol. The van der Waals surface area contributed by atoms with Crippen molar-refractivity contribution >= 4 is 28.5 Å². The summed E-state index contributed by atoms with van der Waals surface area (Å²) in [6.45, 7) is 8.26. The van der Waals surface area contributed by atoms with Gasteiger partial charge in [0.05, 0.1) is 24.9 Å². The summed E-state index contributed by atoms with van der Waals surface area (Å²) in [6.07, 6.45) is 3.19. The molecule has 37 heavy (non-hydrogen) atoms. The zero-order valence-corrected chi connectivity index (χ0v) is 21.2. The summed E-state index contributed by atoms with van der Waals surface area (Å²) in [7, 11) is 0. The number of alkyl halides is 1. The van der Waals surface area contributed by atoms with Gasteiger partial charge in [0.25, 0.3) is 0 Å². The van der Waals surface area contributed by atoms with Crippen LogP contribution in [-0.2, 0) is 6.54 Å². The molecule has 10 nitrogen and oxygen atoms in total. The highest BCUT2D eigenvalue weighted by Gasteiger charge is 2.24. The van der Waals surface area contributed by atoms with E-state index in [9.17, 15) is 9.50 Å². The van der Waals surface area contributed by atoms with Crippen LogP contribution in [0.1, 0.15) is 37.1 Å². The van der Waals surface area contributed by atoms with Crippen LogP contribution < -0.4 is 10.2 Å². The van der Waals surface area contributed by atoms with Gasteiger partial charge in [-0.25, -0.2) is 24.3 Å². The first-order chi connectivity index (χ1) is 18.0. The average molecular weight is 511 g/mol. The molecule has 11 heteroatoms. The molecule has 2 saturated heterocycles. The molecule has 0 aliphatic carbocycles. The fraction of sp³-hybridized carbons (Fsp3) is 0.538. The van der Waals surface area contributed by atoms with E-state index in [0.29, 0.717) is 41.8 Å². The Balaban J connectivity index is 1.30. The van der Waals surface area contributed by atoms with E-state index >= 15 is 0 Å². The molecule has 2 aliphatic rings. The van der Waals surface area contributed by atoms with E-state index in [2.05, 4.69) is 30.1 Å². The molecule has 0 saturated carbocycles. The second kappa shape index (κ2) is 11.6. The summed E-state index contributed by atoms with van der Waals surface area (Å²) in [6, 6.07) is 5.74. The number of hydrogen-bond acceptors (Lipinski definition) is 10. The van der Waals surface area contributed by atoms with Gasteiger partial charge in [-0.3, -0.25) is 9.80 Å². The highest BCUT2D eigenvalue weighted by molar-refractivity contribution is 5.89. The maximum atomic E-state index is 14.2. The van der Waals surface area contributed by atoms with Gasteiger partial charge in [0.1, 0.15) is 17.5 Å². The van der Waals surface area contributed by atoms with E-state index in [-0.39, 0.29) is 13.2 Å². The van der Waals surface area contributed by atoms with Crippen molar-refractivity contribution in [2.24, 2.45) is 0 Å². The molecule has 0 amide bonds. The Morgan fingerprint density at radius 3 is 2.59 bits per heavy atom. The third kappa shape index (κ3) is 6.30. The van der Waals surface area contributed by atoms with Gasteiger partial charge in [0.2, 0.25) is 5.95 Å². The fourth-order valence-electron chi connectivity index (χ4n) is 4.93. The van der Waals surface area contributed by atoms with E-state index in [1.165, 1.54) is 0 Å². The predicted octanol–water partition coefficient (Wildman–Crippen LogP) is 2.26. The molecule has 0 aromatic carbocycles. The molecule has 2 fully saturated rings.